The first kappa shape index (κ1) is 24.3. The number of aliphatic hydroxyl groups excluding tert-OH is 2. The summed E-state index contributed by atoms with van der Waals surface area (Å²) in [6, 6.07) is 11.2. The van der Waals surface area contributed by atoms with Gasteiger partial charge in [0.2, 0.25) is 0 Å². The van der Waals surface area contributed by atoms with Crippen molar-refractivity contribution in [1.29, 1.82) is 5.26 Å². The Hall–Kier alpha value is -2.97. The summed E-state index contributed by atoms with van der Waals surface area (Å²) in [6.45, 7) is 2.84. The number of thiazole rings is 1. The fourth-order valence-corrected chi connectivity index (χ4v) is 3.89. The molecule has 0 amide bonds. The molecule has 0 radical (unpaired) electrons. The summed E-state index contributed by atoms with van der Waals surface area (Å²) < 4.78 is 7.18. The Morgan fingerprint density at radius 2 is 1.94 bits per heavy atom. The fourth-order valence-electron chi connectivity index (χ4n) is 2.81. The second-order valence-corrected chi connectivity index (χ2v) is 7.42. The largest absolute Gasteiger partial charge is 0.460 e. The summed E-state index contributed by atoms with van der Waals surface area (Å²) in [4.78, 5) is 26.9. The van der Waals surface area contributed by atoms with Crippen LogP contribution in [0.15, 0.2) is 35.1 Å². The zero-order chi connectivity index (χ0) is 22.6. The van der Waals surface area contributed by atoms with Crippen LogP contribution in [0.4, 0.5) is 5.69 Å². The van der Waals surface area contributed by atoms with Crippen molar-refractivity contribution < 1.29 is 19.7 Å². The monoisotopic (exact) mass is 446 g/mol. The van der Waals surface area contributed by atoms with E-state index in [1.54, 1.807) is 18.0 Å². The van der Waals surface area contributed by atoms with Crippen molar-refractivity contribution in [2.45, 2.75) is 13.5 Å². The van der Waals surface area contributed by atoms with E-state index in [-0.39, 0.29) is 35.6 Å². The molecule has 0 unspecified atom stereocenters. The van der Waals surface area contributed by atoms with Crippen LogP contribution in [0.1, 0.15) is 6.92 Å². The first-order chi connectivity index (χ1) is 15.0. The van der Waals surface area contributed by atoms with Crippen LogP contribution in [0, 0.1) is 11.3 Å². The summed E-state index contributed by atoms with van der Waals surface area (Å²) in [6.07, 6.45) is 1.56. The summed E-state index contributed by atoms with van der Waals surface area (Å²) in [5, 5.41) is 30.7. The molecule has 3 N–H and O–H groups in total. The van der Waals surface area contributed by atoms with E-state index in [0.717, 1.165) is 17.0 Å². The number of nitriles is 1. The van der Waals surface area contributed by atoms with Gasteiger partial charge < -0.3 is 20.3 Å². The minimum atomic E-state index is -0.818. The Bertz CT molecular complexity index is 1070. The van der Waals surface area contributed by atoms with Crippen molar-refractivity contribution in [2.24, 2.45) is 0 Å². The van der Waals surface area contributed by atoms with Crippen LogP contribution in [0.2, 0.25) is 0 Å². The van der Waals surface area contributed by atoms with Crippen molar-refractivity contribution in [3.05, 3.63) is 49.9 Å². The molecule has 0 atom stereocenters. The molecule has 0 spiro atoms. The highest BCUT2D eigenvalue weighted by molar-refractivity contribution is 7.07. The maximum atomic E-state index is 12.7. The Morgan fingerprint density at radius 3 is 2.52 bits per heavy atom. The van der Waals surface area contributed by atoms with Gasteiger partial charge in [0.25, 0.3) is 5.56 Å². The van der Waals surface area contributed by atoms with Gasteiger partial charge in [-0.25, -0.2) is 4.79 Å². The van der Waals surface area contributed by atoms with E-state index in [9.17, 15) is 14.9 Å². The lowest BCUT2D eigenvalue weighted by Crippen LogP contribution is -2.34. The molecule has 1 aromatic heterocycles. The van der Waals surface area contributed by atoms with Crippen LogP contribution in [0.3, 0.4) is 0 Å². The molecule has 166 valence electrons. The zero-order valence-corrected chi connectivity index (χ0v) is 18.1. The number of ether oxygens (including phenoxy) is 1. The quantitative estimate of drug-likeness (QED) is 0.386. The third-order valence-electron chi connectivity index (χ3n) is 4.37. The number of esters is 1. The summed E-state index contributed by atoms with van der Waals surface area (Å²) in [5.41, 5.74) is 0.266. The normalized spacial score (nSPS) is 12.5. The molecule has 31 heavy (non-hydrogen) atoms. The number of nitrogens with one attached hydrogen (secondary N) is 1. The van der Waals surface area contributed by atoms with Crippen molar-refractivity contribution in [1.82, 2.24) is 9.47 Å². The van der Waals surface area contributed by atoms with E-state index in [2.05, 4.69) is 5.32 Å². The van der Waals surface area contributed by atoms with Gasteiger partial charge in [0.05, 0.1) is 13.2 Å². The second-order valence-electron chi connectivity index (χ2n) is 6.39. The lowest BCUT2D eigenvalue weighted by Gasteiger charge is -2.19. The fraction of sp³-hybridized carbons (Fsp3) is 0.381. The number of carbonyl (C=O) groups is 1. The lowest BCUT2D eigenvalue weighted by molar-refractivity contribution is -0.137. The van der Waals surface area contributed by atoms with E-state index < -0.39 is 5.97 Å². The Balaban J connectivity index is 2.27. The van der Waals surface area contributed by atoms with E-state index in [1.165, 1.54) is 4.57 Å². The molecule has 1 aromatic carbocycles. The molecular formula is C21H26N4O5S. The topological polar surface area (TPSA) is 128 Å². The maximum Gasteiger partial charge on any atom is 0.351 e. The molecule has 2 aromatic rings. The molecule has 0 aliphatic carbocycles. The van der Waals surface area contributed by atoms with Gasteiger partial charge in [-0.1, -0.05) is 18.2 Å². The molecular weight excluding hydrogens is 420 g/mol. The van der Waals surface area contributed by atoms with Gasteiger partial charge in [-0.3, -0.25) is 14.3 Å². The Morgan fingerprint density at radius 1 is 1.26 bits per heavy atom. The number of aromatic nitrogens is 1. The van der Waals surface area contributed by atoms with Gasteiger partial charge in [-0.15, -0.1) is 11.3 Å². The van der Waals surface area contributed by atoms with Crippen molar-refractivity contribution in [3.63, 3.8) is 0 Å². The molecule has 10 heteroatoms. The number of benzene rings is 1. The molecule has 0 saturated carbocycles. The number of carbonyl (C=O) groups excluding carboxylic acids is 1. The van der Waals surface area contributed by atoms with Crippen LogP contribution >= 0.6 is 11.3 Å². The molecule has 0 aliphatic heterocycles. The van der Waals surface area contributed by atoms with Gasteiger partial charge in [0.1, 0.15) is 21.9 Å². The predicted molar refractivity (Wildman–Crippen MR) is 119 cm³/mol. The van der Waals surface area contributed by atoms with E-state index in [4.69, 9.17) is 14.9 Å². The summed E-state index contributed by atoms with van der Waals surface area (Å²) >= 11 is 1.04. The number of anilines is 1. The molecule has 0 saturated heterocycles. The average Bonchev–Trinajstić information content (AvgIpc) is 3.09. The number of nitrogens with zero attached hydrogens (tertiary/aromatic N) is 3. The van der Waals surface area contributed by atoms with Crippen LogP contribution in [0.25, 0.3) is 11.8 Å². The molecule has 0 aliphatic rings. The minimum Gasteiger partial charge on any atom is -0.460 e. The zero-order valence-electron chi connectivity index (χ0n) is 17.3. The van der Waals surface area contributed by atoms with Crippen molar-refractivity contribution >= 4 is 34.8 Å². The maximum absolute atomic E-state index is 12.7. The summed E-state index contributed by atoms with van der Waals surface area (Å²) in [5.74, 6) is -0.818. The van der Waals surface area contributed by atoms with Crippen LogP contribution < -0.4 is 20.1 Å². The highest BCUT2D eigenvalue weighted by atomic mass is 32.1. The number of hydrogen-bond donors (Lipinski definition) is 3. The third kappa shape index (κ3) is 6.77. The lowest BCUT2D eigenvalue weighted by atomic mass is 10.3. The van der Waals surface area contributed by atoms with E-state index >= 15 is 0 Å². The molecule has 0 bridgehead atoms. The smallest absolute Gasteiger partial charge is 0.351 e. The van der Waals surface area contributed by atoms with Crippen molar-refractivity contribution in [3.8, 4) is 6.07 Å². The second kappa shape index (κ2) is 12.7. The van der Waals surface area contributed by atoms with Crippen LogP contribution in [0.5, 0.6) is 0 Å². The first-order valence-electron chi connectivity index (χ1n) is 9.82. The molecule has 1 heterocycles. The number of rotatable bonds is 11. The Labute approximate surface area is 183 Å². The van der Waals surface area contributed by atoms with Gasteiger partial charge in [0.15, 0.2) is 5.57 Å². The van der Waals surface area contributed by atoms with Gasteiger partial charge >= 0.3 is 5.97 Å². The number of para-hydroxylation sites is 1. The minimum absolute atomic E-state index is 0.0136. The van der Waals surface area contributed by atoms with Crippen molar-refractivity contribution in [2.75, 3.05) is 44.8 Å². The SMILES string of the molecule is CCn1c(=C(C#N)C(=O)OCCN(CCO)CCO)sc(=CNc2ccccc2)c1=O. The van der Waals surface area contributed by atoms with Crippen LogP contribution in [-0.2, 0) is 16.1 Å². The Kier molecular flexibility index (Phi) is 9.93. The average molecular weight is 447 g/mol. The number of aliphatic hydroxyl groups is 2. The first-order valence-corrected chi connectivity index (χ1v) is 10.6. The van der Waals surface area contributed by atoms with Crippen LogP contribution in [-0.4, -0.2) is 65.1 Å². The standard InChI is InChI=1S/C21H26N4O5S/c1-2-25-19(28)18(15-23-16-6-4-3-5-7-16)31-20(25)17(14-22)21(29)30-13-10-24(8-11-26)9-12-27/h3-7,15,23,26-27H,2,8-13H2,1H3. The molecule has 9 nitrogen and oxygen atoms in total. The summed E-state index contributed by atoms with van der Waals surface area (Å²) in [7, 11) is 0. The highest BCUT2D eigenvalue weighted by Crippen LogP contribution is 2.04. The molecule has 2 rings (SSSR count). The van der Waals surface area contributed by atoms with Gasteiger partial charge in [-0.2, -0.15) is 5.26 Å². The van der Waals surface area contributed by atoms with Gasteiger partial charge in [0, 0.05) is 38.1 Å². The van der Waals surface area contributed by atoms with Gasteiger partial charge in [-0.05, 0) is 19.1 Å². The number of hydrogen-bond acceptors (Lipinski definition) is 9. The highest BCUT2D eigenvalue weighted by Gasteiger charge is 2.17. The van der Waals surface area contributed by atoms with E-state index in [0.29, 0.717) is 30.7 Å². The molecule has 0 fully saturated rings. The third-order valence-corrected chi connectivity index (χ3v) is 5.50. The predicted octanol–water partition coefficient (Wildman–Crippen LogP) is -0.716. The van der Waals surface area contributed by atoms with E-state index in [1.807, 2.05) is 36.4 Å².